The summed E-state index contributed by atoms with van der Waals surface area (Å²) in [5.41, 5.74) is 6.80. The van der Waals surface area contributed by atoms with Gasteiger partial charge in [0.15, 0.2) is 0 Å². The summed E-state index contributed by atoms with van der Waals surface area (Å²) >= 11 is 0. The molecule has 2 N–H and O–H groups in total. The van der Waals surface area contributed by atoms with Crippen LogP contribution in [-0.2, 0) is 6.42 Å². The summed E-state index contributed by atoms with van der Waals surface area (Å²) in [6.07, 6.45) is 3.32. The molecule has 0 heterocycles. The lowest BCUT2D eigenvalue weighted by atomic mass is 10.1. The Bertz CT molecular complexity index is 333. The van der Waals surface area contributed by atoms with Gasteiger partial charge in [-0.1, -0.05) is 26.0 Å². The highest BCUT2D eigenvalue weighted by Crippen LogP contribution is 2.13. The molecular weight excluding hydrogens is 236 g/mol. The van der Waals surface area contributed by atoms with Crippen LogP contribution in [0.4, 0.5) is 0 Å². The predicted molar refractivity (Wildman–Crippen MR) is 81.7 cm³/mol. The fourth-order valence-electron chi connectivity index (χ4n) is 2.32. The largest absolute Gasteiger partial charge is 0.492 e. The van der Waals surface area contributed by atoms with Gasteiger partial charge in [-0.25, -0.2) is 0 Å². The van der Waals surface area contributed by atoms with E-state index in [4.69, 9.17) is 10.5 Å². The Balaban J connectivity index is 2.32. The van der Waals surface area contributed by atoms with Gasteiger partial charge in [0, 0.05) is 12.6 Å². The van der Waals surface area contributed by atoms with E-state index in [0.29, 0.717) is 12.6 Å². The van der Waals surface area contributed by atoms with Crippen LogP contribution in [0.1, 0.15) is 32.3 Å². The van der Waals surface area contributed by atoms with Gasteiger partial charge >= 0.3 is 0 Å². The average Bonchev–Trinajstić information content (AvgIpc) is 2.42. The number of benzene rings is 1. The molecule has 0 unspecified atom stereocenters. The van der Waals surface area contributed by atoms with Gasteiger partial charge in [-0.15, -0.1) is 0 Å². The van der Waals surface area contributed by atoms with E-state index in [9.17, 15) is 0 Å². The number of rotatable bonds is 9. The van der Waals surface area contributed by atoms with Crippen molar-refractivity contribution in [2.45, 2.75) is 39.2 Å². The molecule has 0 fully saturated rings. The maximum atomic E-state index is 5.78. The predicted octanol–water partition coefficient (Wildman–Crippen LogP) is 2.69. The Morgan fingerprint density at radius 3 is 2.32 bits per heavy atom. The minimum atomic E-state index is 0.663. The molecule has 0 aromatic heterocycles. The monoisotopic (exact) mass is 264 g/mol. The molecule has 3 heteroatoms. The van der Waals surface area contributed by atoms with Crippen molar-refractivity contribution in [2.24, 2.45) is 5.73 Å². The van der Waals surface area contributed by atoms with Gasteiger partial charge in [-0.3, -0.25) is 0 Å². The lowest BCUT2D eigenvalue weighted by Gasteiger charge is -2.25. The van der Waals surface area contributed by atoms with Crippen LogP contribution in [0.5, 0.6) is 5.75 Å². The molecule has 3 nitrogen and oxygen atoms in total. The van der Waals surface area contributed by atoms with Crippen molar-refractivity contribution in [3.63, 3.8) is 0 Å². The quantitative estimate of drug-likeness (QED) is 0.745. The lowest BCUT2D eigenvalue weighted by molar-refractivity contribution is 0.183. The minimum absolute atomic E-state index is 0.663. The Morgan fingerprint density at radius 1 is 1.16 bits per heavy atom. The number of hydrogen-bond acceptors (Lipinski definition) is 3. The number of nitrogens with zero attached hydrogens (tertiary/aromatic N) is 1. The topological polar surface area (TPSA) is 38.5 Å². The summed E-state index contributed by atoms with van der Waals surface area (Å²) in [5.74, 6) is 0.943. The molecule has 0 radical (unpaired) electrons. The number of hydrogen-bond donors (Lipinski definition) is 1. The molecular formula is C16H28N2O. The minimum Gasteiger partial charge on any atom is -0.492 e. The Labute approximate surface area is 117 Å². The van der Waals surface area contributed by atoms with E-state index < -0.39 is 0 Å². The maximum Gasteiger partial charge on any atom is 0.119 e. The van der Waals surface area contributed by atoms with E-state index in [1.54, 1.807) is 0 Å². The first kappa shape index (κ1) is 16.0. The van der Waals surface area contributed by atoms with E-state index in [1.807, 2.05) is 12.1 Å². The SMILES string of the molecule is CCC(CC)N(C)CCOc1ccc(CCN)cc1. The van der Waals surface area contributed by atoms with Crippen LogP contribution in [0.25, 0.3) is 0 Å². The van der Waals surface area contributed by atoms with E-state index in [1.165, 1.54) is 18.4 Å². The molecule has 0 aliphatic carbocycles. The van der Waals surface area contributed by atoms with Crippen molar-refractivity contribution in [1.82, 2.24) is 4.90 Å². The van der Waals surface area contributed by atoms with Crippen LogP contribution in [0.15, 0.2) is 24.3 Å². The fraction of sp³-hybridized carbons (Fsp3) is 0.625. The van der Waals surface area contributed by atoms with Crippen LogP contribution in [0, 0.1) is 0 Å². The maximum absolute atomic E-state index is 5.78. The normalized spacial score (nSPS) is 11.3. The van der Waals surface area contributed by atoms with Gasteiger partial charge in [0.1, 0.15) is 12.4 Å². The molecule has 0 atom stereocenters. The summed E-state index contributed by atoms with van der Waals surface area (Å²) in [6.45, 7) is 6.88. The second-order valence-electron chi connectivity index (χ2n) is 4.98. The zero-order valence-electron chi connectivity index (χ0n) is 12.6. The molecule has 0 aliphatic heterocycles. The van der Waals surface area contributed by atoms with Crippen LogP contribution < -0.4 is 10.5 Å². The van der Waals surface area contributed by atoms with Crippen LogP contribution in [-0.4, -0.2) is 37.7 Å². The molecule has 1 aromatic carbocycles. The third-order valence-corrected chi connectivity index (χ3v) is 3.63. The van der Waals surface area contributed by atoms with Gasteiger partial charge in [-0.05, 0) is 50.6 Å². The average molecular weight is 264 g/mol. The summed E-state index contributed by atoms with van der Waals surface area (Å²) in [4.78, 5) is 2.38. The molecule has 0 amide bonds. The van der Waals surface area contributed by atoms with Crippen molar-refractivity contribution in [2.75, 3.05) is 26.7 Å². The van der Waals surface area contributed by atoms with E-state index >= 15 is 0 Å². The Kier molecular flexibility index (Phi) is 7.53. The first-order valence-corrected chi connectivity index (χ1v) is 7.33. The highest BCUT2D eigenvalue weighted by molar-refractivity contribution is 5.27. The molecule has 0 spiro atoms. The van der Waals surface area contributed by atoms with Gasteiger partial charge < -0.3 is 15.4 Å². The highest BCUT2D eigenvalue weighted by atomic mass is 16.5. The summed E-state index contributed by atoms with van der Waals surface area (Å²) in [6, 6.07) is 8.90. The first-order chi connectivity index (χ1) is 9.21. The van der Waals surface area contributed by atoms with Crippen LogP contribution in [0.2, 0.25) is 0 Å². The number of nitrogens with two attached hydrogens (primary N) is 1. The van der Waals surface area contributed by atoms with Crippen LogP contribution >= 0.6 is 0 Å². The van der Waals surface area contributed by atoms with Crippen molar-refractivity contribution >= 4 is 0 Å². The molecule has 0 aliphatic rings. The summed E-state index contributed by atoms with van der Waals surface area (Å²) < 4.78 is 5.78. The van der Waals surface area contributed by atoms with E-state index in [-0.39, 0.29) is 0 Å². The fourth-order valence-corrected chi connectivity index (χ4v) is 2.32. The van der Waals surface area contributed by atoms with E-state index in [2.05, 4.69) is 37.9 Å². The van der Waals surface area contributed by atoms with Gasteiger partial charge in [0.2, 0.25) is 0 Å². The van der Waals surface area contributed by atoms with Gasteiger partial charge in [0.05, 0.1) is 0 Å². The van der Waals surface area contributed by atoms with Crippen molar-refractivity contribution in [3.05, 3.63) is 29.8 Å². The number of likely N-dealkylation sites (N-methyl/N-ethyl adjacent to an activating group) is 1. The van der Waals surface area contributed by atoms with Crippen molar-refractivity contribution < 1.29 is 4.74 Å². The molecule has 1 aromatic rings. The number of ether oxygens (including phenoxy) is 1. The molecule has 108 valence electrons. The Hall–Kier alpha value is -1.06. The third kappa shape index (κ3) is 5.62. The van der Waals surface area contributed by atoms with Crippen molar-refractivity contribution in [1.29, 1.82) is 0 Å². The molecule has 0 saturated carbocycles. The zero-order chi connectivity index (χ0) is 14.1. The second kappa shape index (κ2) is 8.94. The Morgan fingerprint density at radius 2 is 1.79 bits per heavy atom. The van der Waals surface area contributed by atoms with Crippen molar-refractivity contribution in [3.8, 4) is 5.75 Å². The third-order valence-electron chi connectivity index (χ3n) is 3.63. The summed E-state index contributed by atoms with van der Waals surface area (Å²) in [5, 5.41) is 0. The zero-order valence-corrected chi connectivity index (χ0v) is 12.6. The first-order valence-electron chi connectivity index (χ1n) is 7.33. The van der Waals surface area contributed by atoms with E-state index in [0.717, 1.165) is 25.3 Å². The smallest absolute Gasteiger partial charge is 0.119 e. The van der Waals surface area contributed by atoms with Gasteiger partial charge in [-0.2, -0.15) is 0 Å². The molecule has 19 heavy (non-hydrogen) atoms. The molecule has 0 saturated heterocycles. The van der Waals surface area contributed by atoms with Crippen LogP contribution in [0.3, 0.4) is 0 Å². The standard InChI is InChI=1S/C16H28N2O/c1-4-15(5-2)18(3)12-13-19-16-8-6-14(7-9-16)10-11-17/h6-9,15H,4-5,10-13,17H2,1-3H3. The second-order valence-corrected chi connectivity index (χ2v) is 4.98. The summed E-state index contributed by atoms with van der Waals surface area (Å²) in [7, 11) is 2.17. The molecule has 1 rings (SSSR count). The lowest BCUT2D eigenvalue weighted by Crippen LogP contribution is -2.33. The highest BCUT2D eigenvalue weighted by Gasteiger charge is 2.09. The molecule has 0 bridgehead atoms. The van der Waals surface area contributed by atoms with Gasteiger partial charge in [0.25, 0.3) is 0 Å².